The van der Waals surface area contributed by atoms with Gasteiger partial charge in [0, 0.05) is 11.3 Å². The van der Waals surface area contributed by atoms with Gasteiger partial charge in [0.15, 0.2) is 0 Å². The monoisotopic (exact) mass is 251 g/mol. The van der Waals surface area contributed by atoms with E-state index in [2.05, 4.69) is 5.16 Å². The number of nitrogens with zero attached hydrogens (tertiary/aromatic N) is 1. The molecule has 0 aromatic heterocycles. The third-order valence-corrected chi connectivity index (χ3v) is 3.16. The molecule has 4 nitrogen and oxygen atoms in total. The average Bonchev–Trinajstić information content (AvgIpc) is 2.40. The Labute approximate surface area is 104 Å². The molecule has 17 heavy (non-hydrogen) atoms. The van der Waals surface area contributed by atoms with Gasteiger partial charge in [-0.15, -0.1) is 0 Å². The van der Waals surface area contributed by atoms with Crippen LogP contribution in [0.25, 0.3) is 0 Å². The van der Waals surface area contributed by atoms with E-state index in [1.54, 1.807) is 30.8 Å². The first kappa shape index (κ1) is 12.0. The van der Waals surface area contributed by atoms with Gasteiger partial charge in [-0.2, -0.15) is 0 Å². The summed E-state index contributed by atoms with van der Waals surface area (Å²) in [4.78, 5) is 16.5. The topological polar surface area (TPSA) is 47.9 Å². The second-order valence-electron chi connectivity index (χ2n) is 3.38. The molecule has 2 rings (SSSR count). The highest BCUT2D eigenvalue weighted by Crippen LogP contribution is 2.18. The number of oxime groups is 1. The largest absolute Gasteiger partial charge is 0.462 e. The maximum absolute atomic E-state index is 11.4. The number of rotatable bonds is 3. The van der Waals surface area contributed by atoms with Gasteiger partial charge in [0.2, 0.25) is 0 Å². The highest BCUT2D eigenvalue weighted by molar-refractivity contribution is 8.14. The molecule has 0 unspecified atom stereocenters. The van der Waals surface area contributed by atoms with Gasteiger partial charge < -0.3 is 9.57 Å². The van der Waals surface area contributed by atoms with E-state index in [0.717, 1.165) is 16.4 Å². The molecule has 1 aliphatic rings. The molecule has 0 aliphatic carbocycles. The van der Waals surface area contributed by atoms with Crippen LogP contribution in [0.2, 0.25) is 0 Å². The molecule has 1 heterocycles. The normalized spacial score (nSPS) is 14.8. The zero-order valence-corrected chi connectivity index (χ0v) is 10.3. The highest BCUT2D eigenvalue weighted by atomic mass is 32.2. The minimum atomic E-state index is -0.298. The Morgan fingerprint density at radius 3 is 2.82 bits per heavy atom. The quantitative estimate of drug-likeness (QED) is 0.773. The van der Waals surface area contributed by atoms with Crippen molar-refractivity contribution < 1.29 is 14.4 Å². The lowest BCUT2D eigenvalue weighted by Gasteiger charge is -2.11. The van der Waals surface area contributed by atoms with Gasteiger partial charge in [-0.1, -0.05) is 29.1 Å². The predicted octanol–water partition coefficient (Wildman–Crippen LogP) is 2.29. The van der Waals surface area contributed by atoms with Crippen molar-refractivity contribution in [1.29, 1.82) is 0 Å². The fraction of sp³-hybridized carbons (Fsp3) is 0.333. The molecular weight excluding hydrogens is 238 g/mol. The summed E-state index contributed by atoms with van der Waals surface area (Å²) in [6.45, 7) is 2.82. The SMILES string of the molecule is CCOC(=O)c1ccc(C2=NOCCS2)cc1. The van der Waals surface area contributed by atoms with E-state index in [9.17, 15) is 4.79 Å². The van der Waals surface area contributed by atoms with Crippen LogP contribution in [-0.4, -0.2) is 30.0 Å². The number of carbonyl (C=O) groups is 1. The summed E-state index contributed by atoms with van der Waals surface area (Å²) in [5.41, 5.74) is 1.51. The first-order valence-corrected chi connectivity index (χ1v) is 6.40. The van der Waals surface area contributed by atoms with E-state index < -0.39 is 0 Å². The minimum Gasteiger partial charge on any atom is -0.462 e. The second kappa shape index (κ2) is 5.72. The van der Waals surface area contributed by atoms with Crippen molar-refractivity contribution in [2.45, 2.75) is 6.92 Å². The van der Waals surface area contributed by atoms with Gasteiger partial charge in [0.05, 0.1) is 12.2 Å². The van der Waals surface area contributed by atoms with Crippen LogP contribution in [0.15, 0.2) is 29.4 Å². The van der Waals surface area contributed by atoms with Crippen molar-refractivity contribution in [1.82, 2.24) is 0 Å². The van der Waals surface area contributed by atoms with Crippen LogP contribution in [0.1, 0.15) is 22.8 Å². The number of hydrogen-bond acceptors (Lipinski definition) is 5. The van der Waals surface area contributed by atoms with Crippen LogP contribution in [0, 0.1) is 0 Å². The molecule has 0 radical (unpaired) electrons. The molecule has 0 fully saturated rings. The molecule has 0 atom stereocenters. The average molecular weight is 251 g/mol. The summed E-state index contributed by atoms with van der Waals surface area (Å²) in [5, 5.41) is 4.83. The highest BCUT2D eigenvalue weighted by Gasteiger charge is 2.11. The number of benzene rings is 1. The Morgan fingerprint density at radius 1 is 1.47 bits per heavy atom. The number of carbonyl (C=O) groups excluding carboxylic acids is 1. The Hall–Kier alpha value is -1.49. The Morgan fingerprint density at radius 2 is 2.24 bits per heavy atom. The second-order valence-corrected chi connectivity index (χ2v) is 4.46. The third-order valence-electron chi connectivity index (χ3n) is 2.20. The lowest BCUT2D eigenvalue weighted by molar-refractivity contribution is 0.0526. The van der Waals surface area contributed by atoms with Gasteiger partial charge in [0.25, 0.3) is 0 Å². The molecule has 0 saturated carbocycles. The summed E-state index contributed by atoms with van der Waals surface area (Å²) < 4.78 is 4.91. The Balaban J connectivity index is 2.12. The fourth-order valence-corrected chi connectivity index (χ4v) is 2.16. The summed E-state index contributed by atoms with van der Waals surface area (Å²) in [7, 11) is 0. The van der Waals surface area contributed by atoms with Gasteiger partial charge in [0.1, 0.15) is 11.7 Å². The number of thioether (sulfide) groups is 1. The van der Waals surface area contributed by atoms with Crippen LogP contribution in [-0.2, 0) is 9.57 Å². The van der Waals surface area contributed by atoms with Gasteiger partial charge in [-0.3, -0.25) is 0 Å². The fourth-order valence-electron chi connectivity index (χ4n) is 1.41. The van der Waals surface area contributed by atoms with E-state index in [1.165, 1.54) is 0 Å². The van der Waals surface area contributed by atoms with Crippen LogP contribution in [0.5, 0.6) is 0 Å². The molecule has 1 aliphatic heterocycles. The van der Waals surface area contributed by atoms with Crippen molar-refractivity contribution in [2.24, 2.45) is 5.16 Å². The molecule has 0 saturated heterocycles. The van der Waals surface area contributed by atoms with Crippen molar-refractivity contribution in [3.63, 3.8) is 0 Å². The lowest BCUT2D eigenvalue weighted by Crippen LogP contribution is -2.08. The van der Waals surface area contributed by atoms with E-state index >= 15 is 0 Å². The van der Waals surface area contributed by atoms with Crippen molar-refractivity contribution in [3.8, 4) is 0 Å². The zero-order valence-electron chi connectivity index (χ0n) is 9.51. The van der Waals surface area contributed by atoms with E-state index in [-0.39, 0.29) is 5.97 Å². The van der Waals surface area contributed by atoms with E-state index in [4.69, 9.17) is 9.57 Å². The molecule has 5 heteroatoms. The predicted molar refractivity (Wildman–Crippen MR) is 67.3 cm³/mol. The molecule has 0 amide bonds. The van der Waals surface area contributed by atoms with Crippen LogP contribution < -0.4 is 0 Å². The number of hydrogen-bond donors (Lipinski definition) is 0. The Bertz CT molecular complexity index is 428. The Kier molecular flexibility index (Phi) is 4.03. The smallest absolute Gasteiger partial charge is 0.338 e. The van der Waals surface area contributed by atoms with Crippen molar-refractivity contribution in [3.05, 3.63) is 35.4 Å². The van der Waals surface area contributed by atoms with Crippen molar-refractivity contribution in [2.75, 3.05) is 19.0 Å². The maximum atomic E-state index is 11.4. The third kappa shape index (κ3) is 3.00. The summed E-state index contributed by atoms with van der Waals surface area (Å²) in [6.07, 6.45) is 0. The van der Waals surface area contributed by atoms with Gasteiger partial charge in [-0.25, -0.2) is 4.79 Å². The van der Waals surface area contributed by atoms with Gasteiger partial charge in [-0.05, 0) is 19.1 Å². The lowest BCUT2D eigenvalue weighted by atomic mass is 10.1. The number of esters is 1. The van der Waals surface area contributed by atoms with Crippen LogP contribution in [0.3, 0.4) is 0 Å². The maximum Gasteiger partial charge on any atom is 0.338 e. The van der Waals surface area contributed by atoms with Crippen LogP contribution >= 0.6 is 11.8 Å². The molecule has 0 N–H and O–H groups in total. The molecule has 1 aromatic rings. The molecule has 1 aromatic carbocycles. The molecule has 90 valence electrons. The van der Waals surface area contributed by atoms with Crippen LogP contribution in [0.4, 0.5) is 0 Å². The first-order chi connectivity index (χ1) is 8.31. The number of ether oxygens (including phenoxy) is 1. The zero-order chi connectivity index (χ0) is 12.1. The van der Waals surface area contributed by atoms with Crippen molar-refractivity contribution >= 4 is 22.8 Å². The standard InChI is InChI=1S/C12H13NO3S/c1-2-15-12(14)10-5-3-9(4-6-10)11-13-16-7-8-17-11/h3-6H,2,7-8H2,1H3. The molecular formula is C12H13NO3S. The molecule has 0 spiro atoms. The van der Waals surface area contributed by atoms with E-state index in [0.29, 0.717) is 18.8 Å². The van der Waals surface area contributed by atoms with E-state index in [1.807, 2.05) is 12.1 Å². The minimum absolute atomic E-state index is 0.298. The summed E-state index contributed by atoms with van der Waals surface area (Å²) in [6, 6.07) is 7.19. The summed E-state index contributed by atoms with van der Waals surface area (Å²) >= 11 is 1.65. The van der Waals surface area contributed by atoms with Gasteiger partial charge >= 0.3 is 5.97 Å². The molecule has 0 bridgehead atoms. The summed E-state index contributed by atoms with van der Waals surface area (Å²) in [5.74, 6) is 0.604. The first-order valence-electron chi connectivity index (χ1n) is 5.41.